The van der Waals surface area contributed by atoms with Crippen LogP contribution >= 0.6 is 10.6 Å². The summed E-state index contributed by atoms with van der Waals surface area (Å²) in [4.78, 5) is 0.567. The molecule has 3 rings (SSSR count). The zero-order valence-corrected chi connectivity index (χ0v) is 13.1. The zero-order chi connectivity index (χ0) is 15.3. The fraction of sp³-hybridized carbons (Fsp3) is 0.200. The summed E-state index contributed by atoms with van der Waals surface area (Å²) in [5.74, 6) is -0.164. The Morgan fingerprint density at radius 1 is 1.10 bits per heavy atom. The Hall–Kier alpha value is -1.34. The lowest BCUT2D eigenvalue weighted by molar-refractivity contribution is 0.491. The topological polar surface area (TPSA) is 74.6 Å². The average molecular weight is 324 g/mol. The second-order valence-electron chi connectivity index (χ2n) is 5.22. The maximum atomic E-state index is 12.8. The van der Waals surface area contributed by atoms with Crippen LogP contribution in [0.2, 0.25) is 0 Å². The Labute approximate surface area is 125 Å². The van der Waals surface area contributed by atoms with E-state index >= 15 is 0 Å². The first kappa shape index (κ1) is 14.6. The summed E-state index contributed by atoms with van der Waals surface area (Å²) in [5, 5.41) is -0.903. The Balaban J connectivity index is 2.16. The van der Waals surface area contributed by atoms with E-state index in [0.717, 1.165) is 5.56 Å². The Bertz CT molecular complexity index is 783. The maximum absolute atomic E-state index is 12.8. The molecule has 1 aliphatic heterocycles. The maximum Gasteiger partial charge on any atom is 0.187 e. The molecule has 0 fully saturated rings. The highest BCUT2D eigenvalue weighted by molar-refractivity contribution is 8.25. The smallest absolute Gasteiger partial charge is 0.187 e. The quantitative estimate of drug-likeness (QED) is 0.884. The second kappa shape index (κ2) is 4.84. The third kappa shape index (κ3) is 2.38. The van der Waals surface area contributed by atoms with Crippen molar-refractivity contribution < 1.29 is 17.5 Å². The Morgan fingerprint density at radius 2 is 1.76 bits per heavy atom. The lowest BCUT2D eigenvalue weighted by Crippen LogP contribution is -2.15. The molecule has 1 unspecified atom stereocenters. The van der Waals surface area contributed by atoms with Gasteiger partial charge in [0.25, 0.3) is 0 Å². The molecule has 0 aromatic heterocycles. The molecule has 6 heteroatoms. The van der Waals surface area contributed by atoms with Gasteiger partial charge in [0.05, 0.1) is 15.5 Å². The molecule has 0 saturated heterocycles. The number of sulfone groups is 1. The summed E-state index contributed by atoms with van der Waals surface area (Å²) in [6, 6.07) is 13.3. The third-order valence-corrected chi connectivity index (χ3v) is 7.88. The van der Waals surface area contributed by atoms with Crippen molar-refractivity contribution in [3.05, 3.63) is 59.7 Å². The summed E-state index contributed by atoms with van der Waals surface area (Å²) in [5.41, 5.74) is 1.41. The predicted molar refractivity (Wildman–Crippen MR) is 83.5 cm³/mol. The number of fused-ring (bicyclic) bond motifs is 1. The van der Waals surface area contributed by atoms with Crippen LogP contribution in [0, 0.1) is 6.92 Å². The highest BCUT2D eigenvalue weighted by Gasteiger charge is 2.42. The highest BCUT2D eigenvalue weighted by atomic mass is 32.3. The number of rotatable bonds is 2. The summed E-state index contributed by atoms with van der Waals surface area (Å²) in [7, 11) is -6.68. The van der Waals surface area contributed by atoms with Crippen molar-refractivity contribution in [2.75, 3.05) is 5.75 Å². The van der Waals surface area contributed by atoms with Gasteiger partial charge >= 0.3 is 0 Å². The van der Waals surface area contributed by atoms with E-state index in [2.05, 4.69) is 0 Å². The van der Waals surface area contributed by atoms with Crippen LogP contribution in [0.3, 0.4) is 0 Å². The van der Waals surface area contributed by atoms with E-state index in [9.17, 15) is 17.5 Å². The Kier molecular flexibility index (Phi) is 3.37. The van der Waals surface area contributed by atoms with Crippen molar-refractivity contribution in [3.63, 3.8) is 0 Å². The second-order valence-corrected chi connectivity index (χ2v) is 9.46. The molecule has 1 aliphatic rings. The van der Waals surface area contributed by atoms with Gasteiger partial charge in [-0.25, -0.2) is 8.42 Å². The van der Waals surface area contributed by atoms with Gasteiger partial charge < -0.3 is 0 Å². The van der Waals surface area contributed by atoms with E-state index in [4.69, 9.17) is 0 Å². The standard InChI is InChI=1S/C15H16O4S2/c1-11-7-8-14-13(9-11)15(10-20(14,16)17)21(18,19)12-5-3-2-4-6-12/h2-9,15-17H,10H2,1H3. The number of benzene rings is 2. The third-order valence-electron chi connectivity index (χ3n) is 3.69. The van der Waals surface area contributed by atoms with Crippen molar-refractivity contribution in [2.45, 2.75) is 22.0 Å². The molecule has 0 radical (unpaired) electrons. The first-order valence-electron chi connectivity index (χ1n) is 6.48. The normalized spacial score (nSPS) is 21.8. The van der Waals surface area contributed by atoms with Crippen LogP contribution in [0.4, 0.5) is 0 Å². The van der Waals surface area contributed by atoms with E-state index in [-0.39, 0.29) is 10.6 Å². The van der Waals surface area contributed by atoms with Crippen molar-refractivity contribution in [1.82, 2.24) is 0 Å². The molecule has 0 spiro atoms. The van der Waals surface area contributed by atoms with Crippen LogP contribution in [-0.2, 0) is 9.84 Å². The van der Waals surface area contributed by atoms with Crippen molar-refractivity contribution >= 4 is 20.4 Å². The number of aryl methyl sites for hydroxylation is 1. The van der Waals surface area contributed by atoms with Gasteiger partial charge in [0.2, 0.25) is 0 Å². The number of hydrogen-bond acceptors (Lipinski definition) is 4. The minimum atomic E-state index is -3.64. The Morgan fingerprint density at radius 3 is 2.43 bits per heavy atom. The summed E-state index contributed by atoms with van der Waals surface area (Å²) in [6.45, 7) is 1.86. The van der Waals surface area contributed by atoms with E-state index < -0.39 is 25.7 Å². The van der Waals surface area contributed by atoms with E-state index in [1.165, 1.54) is 12.1 Å². The van der Waals surface area contributed by atoms with Crippen molar-refractivity contribution in [2.24, 2.45) is 0 Å². The van der Waals surface area contributed by atoms with Gasteiger partial charge in [-0.2, -0.15) is 10.6 Å². The van der Waals surface area contributed by atoms with Crippen molar-refractivity contribution in [1.29, 1.82) is 0 Å². The summed E-state index contributed by atoms with van der Waals surface area (Å²) < 4.78 is 46.0. The molecular weight excluding hydrogens is 308 g/mol. The molecule has 2 N–H and O–H groups in total. The van der Waals surface area contributed by atoms with E-state index in [1.54, 1.807) is 36.4 Å². The lowest BCUT2D eigenvalue weighted by atomic mass is 10.1. The zero-order valence-electron chi connectivity index (χ0n) is 11.4. The molecular formula is C15H16O4S2. The molecule has 0 aliphatic carbocycles. The molecule has 1 atom stereocenters. The number of hydrogen-bond donors (Lipinski definition) is 2. The highest BCUT2D eigenvalue weighted by Crippen LogP contribution is 2.61. The predicted octanol–water partition coefficient (Wildman–Crippen LogP) is 3.63. The van der Waals surface area contributed by atoms with Gasteiger partial charge in [0, 0.05) is 0 Å². The monoisotopic (exact) mass is 324 g/mol. The summed E-state index contributed by atoms with van der Waals surface area (Å²) in [6.07, 6.45) is 0. The van der Waals surface area contributed by atoms with Crippen molar-refractivity contribution in [3.8, 4) is 0 Å². The molecule has 112 valence electrons. The van der Waals surface area contributed by atoms with Gasteiger partial charge in [0.1, 0.15) is 5.25 Å². The molecule has 2 aromatic carbocycles. The largest absolute Gasteiger partial charge is 0.295 e. The SMILES string of the molecule is Cc1ccc2c(c1)C(S(=O)(=O)c1ccccc1)CS2(O)O. The fourth-order valence-electron chi connectivity index (χ4n) is 2.64. The van der Waals surface area contributed by atoms with Gasteiger partial charge in [-0.15, -0.1) is 0 Å². The van der Waals surface area contributed by atoms with Gasteiger partial charge in [-0.05, 0) is 30.7 Å². The van der Waals surface area contributed by atoms with Crippen LogP contribution in [0.1, 0.15) is 16.4 Å². The van der Waals surface area contributed by atoms with E-state index in [0.29, 0.717) is 10.5 Å². The van der Waals surface area contributed by atoms with E-state index in [1.807, 2.05) is 6.92 Å². The van der Waals surface area contributed by atoms with Crippen LogP contribution in [0.15, 0.2) is 58.3 Å². The minimum Gasteiger partial charge on any atom is -0.295 e. The van der Waals surface area contributed by atoms with Crippen LogP contribution in [0.5, 0.6) is 0 Å². The molecule has 0 saturated carbocycles. The van der Waals surface area contributed by atoms with Gasteiger partial charge in [-0.1, -0.05) is 35.9 Å². The molecule has 0 amide bonds. The minimum absolute atomic E-state index is 0.164. The van der Waals surface area contributed by atoms with Crippen LogP contribution in [-0.4, -0.2) is 23.3 Å². The van der Waals surface area contributed by atoms with Crippen LogP contribution < -0.4 is 0 Å². The molecule has 4 nitrogen and oxygen atoms in total. The van der Waals surface area contributed by atoms with Crippen LogP contribution in [0.25, 0.3) is 0 Å². The first-order valence-corrected chi connectivity index (χ1v) is 9.74. The molecule has 0 bridgehead atoms. The lowest BCUT2D eigenvalue weighted by Gasteiger charge is -2.27. The first-order chi connectivity index (χ1) is 9.82. The molecule has 1 heterocycles. The van der Waals surface area contributed by atoms with Gasteiger partial charge in [0.15, 0.2) is 9.84 Å². The fourth-order valence-corrected chi connectivity index (χ4v) is 7.04. The average Bonchev–Trinajstić information content (AvgIpc) is 2.71. The molecule has 21 heavy (non-hydrogen) atoms. The summed E-state index contributed by atoms with van der Waals surface area (Å²) >= 11 is 0. The van der Waals surface area contributed by atoms with Gasteiger partial charge in [-0.3, -0.25) is 9.11 Å². The molecule has 2 aromatic rings.